The number of aromatic hydroxyl groups is 2. The summed E-state index contributed by atoms with van der Waals surface area (Å²) in [5.41, 5.74) is 8.69. The summed E-state index contributed by atoms with van der Waals surface area (Å²) in [4.78, 5) is 59.6. The molecular weight excluding hydrogens is 1030 g/mol. The van der Waals surface area contributed by atoms with Gasteiger partial charge >= 0.3 is 0 Å². The van der Waals surface area contributed by atoms with E-state index in [1.54, 1.807) is 35.6 Å². The van der Waals surface area contributed by atoms with Gasteiger partial charge in [-0.3, -0.25) is 19.2 Å². The molecule has 4 amide bonds. The standard InChI is InChI=1S/C58H72ClN5O12S/c1-39-54(77-38-62-39)44-7-5-40(6-8-44)36-61-56(70)50-35-47(67)37-64(50)57(71)55(58(2,3)4)63-52(69)23-27-73-30-32-75-34-33-74-31-29-72-26-22-51(68)60-25-28-76-48-19-13-43(14-20-48)53(42-11-17-46(66)18-12-42)49(21-24-59)41-9-15-45(65)16-10-41/h5-20,38,47,50,55,65-67H,21-37H2,1-4H3,(H,60,68)(H,61,70)(H,63,69)/t47-,50+,55-/m1/s1. The lowest BCUT2D eigenvalue weighted by atomic mass is 9.85. The Morgan fingerprint density at radius 3 is 1.81 bits per heavy atom. The minimum atomic E-state index is -0.944. The lowest BCUT2D eigenvalue weighted by Crippen LogP contribution is -2.57. The van der Waals surface area contributed by atoms with Crippen molar-refractivity contribution >= 4 is 57.7 Å². The first-order chi connectivity index (χ1) is 37.1. The average molecular weight is 1100 g/mol. The normalized spacial score (nSPS) is 15.2. The zero-order chi connectivity index (χ0) is 55.2. The summed E-state index contributed by atoms with van der Waals surface area (Å²) in [7, 11) is 0. The molecule has 414 valence electrons. The highest BCUT2D eigenvalue weighted by atomic mass is 35.5. The first kappa shape index (κ1) is 59.9. The molecule has 5 aromatic rings. The van der Waals surface area contributed by atoms with Crippen LogP contribution in [-0.2, 0) is 44.7 Å². The number of β-amino-alcohol motifs (C(OH)–C–C–N with tert-alkyl or cyclic N) is 1. The molecule has 0 saturated carbocycles. The summed E-state index contributed by atoms with van der Waals surface area (Å²) in [6.45, 7) is 10.5. The lowest BCUT2D eigenvalue weighted by molar-refractivity contribution is -0.144. The number of carbonyl (C=O) groups excluding carboxylic acids is 4. The SMILES string of the molecule is Cc1ncsc1-c1ccc(CNC(=O)[C@@H]2C[C@@H](O)CN2C(=O)[C@@H](NC(=O)CCOCCOCCOCCOCCC(=O)NCCOc2ccc(C(=C(CCCl)c3ccc(O)cc3)c3ccc(O)cc3)cc2)C(C)(C)C)cc1. The summed E-state index contributed by atoms with van der Waals surface area (Å²) in [5.74, 6) is 0.00279. The number of benzene rings is 4. The van der Waals surface area contributed by atoms with E-state index in [0.29, 0.717) is 51.0 Å². The molecule has 77 heavy (non-hydrogen) atoms. The van der Waals surface area contributed by atoms with Gasteiger partial charge in [-0.05, 0) is 94.1 Å². The van der Waals surface area contributed by atoms with Gasteiger partial charge in [-0.1, -0.05) is 81.4 Å². The van der Waals surface area contributed by atoms with Crippen LogP contribution in [-0.4, -0.2) is 145 Å². The van der Waals surface area contributed by atoms with Crippen LogP contribution in [0.15, 0.2) is 103 Å². The van der Waals surface area contributed by atoms with Crippen molar-refractivity contribution in [1.29, 1.82) is 0 Å². The van der Waals surface area contributed by atoms with Crippen LogP contribution in [0.2, 0.25) is 0 Å². The fourth-order valence-electron chi connectivity index (χ4n) is 8.58. The van der Waals surface area contributed by atoms with Crippen molar-refractivity contribution in [2.45, 2.75) is 78.1 Å². The van der Waals surface area contributed by atoms with Crippen molar-refractivity contribution in [1.82, 2.24) is 25.8 Å². The Labute approximate surface area is 459 Å². The Morgan fingerprint density at radius 1 is 0.714 bits per heavy atom. The third-order valence-corrected chi connectivity index (χ3v) is 13.8. The second kappa shape index (κ2) is 30.5. The maximum absolute atomic E-state index is 14.0. The van der Waals surface area contributed by atoms with Gasteiger partial charge in [0.2, 0.25) is 23.6 Å². The van der Waals surface area contributed by atoms with E-state index in [1.807, 2.05) is 106 Å². The number of aryl methyl sites for hydroxylation is 1. The molecule has 1 fully saturated rings. The number of nitrogens with one attached hydrogen (secondary N) is 3. The summed E-state index contributed by atoms with van der Waals surface area (Å²) in [6, 6.07) is 27.7. The molecule has 17 nitrogen and oxygen atoms in total. The van der Waals surface area contributed by atoms with Crippen molar-refractivity contribution in [3.63, 3.8) is 0 Å². The van der Waals surface area contributed by atoms with Crippen LogP contribution in [0.4, 0.5) is 0 Å². The summed E-state index contributed by atoms with van der Waals surface area (Å²) in [6.07, 6.45) is -0.0118. The molecule has 4 aromatic carbocycles. The number of phenolic OH excluding ortho intramolecular Hbond substituents is 2. The smallest absolute Gasteiger partial charge is 0.246 e. The molecule has 1 aliphatic heterocycles. The predicted octanol–water partition coefficient (Wildman–Crippen LogP) is 7.27. The molecule has 6 rings (SSSR count). The number of alkyl halides is 1. The number of nitrogens with zero attached hydrogens (tertiary/aromatic N) is 2. The van der Waals surface area contributed by atoms with Gasteiger partial charge < -0.3 is 59.9 Å². The molecule has 0 unspecified atom stereocenters. The fraction of sp³-hybridized carbons (Fsp3) is 0.431. The largest absolute Gasteiger partial charge is 0.508 e. The number of hydrogen-bond acceptors (Lipinski definition) is 14. The molecule has 6 N–H and O–H groups in total. The number of hydrogen-bond donors (Lipinski definition) is 6. The summed E-state index contributed by atoms with van der Waals surface area (Å²) >= 11 is 7.84. The van der Waals surface area contributed by atoms with Gasteiger partial charge in [-0.2, -0.15) is 0 Å². The lowest BCUT2D eigenvalue weighted by Gasteiger charge is -2.35. The van der Waals surface area contributed by atoms with Gasteiger partial charge in [-0.15, -0.1) is 22.9 Å². The zero-order valence-electron chi connectivity index (χ0n) is 44.3. The van der Waals surface area contributed by atoms with Crippen LogP contribution in [0.1, 0.15) is 74.4 Å². The molecule has 0 aliphatic carbocycles. The predicted molar refractivity (Wildman–Crippen MR) is 297 cm³/mol. The van der Waals surface area contributed by atoms with Crippen LogP contribution in [0.25, 0.3) is 21.6 Å². The number of aliphatic hydroxyl groups excluding tert-OH is 1. The number of rotatable bonds is 30. The highest BCUT2D eigenvalue weighted by molar-refractivity contribution is 7.13. The van der Waals surface area contributed by atoms with Crippen molar-refractivity contribution in [2.75, 3.05) is 78.4 Å². The summed E-state index contributed by atoms with van der Waals surface area (Å²) in [5, 5.41) is 39.0. The number of allylic oxidation sites excluding steroid dienone is 1. The van der Waals surface area contributed by atoms with Crippen molar-refractivity contribution < 1.29 is 58.2 Å². The van der Waals surface area contributed by atoms with E-state index in [1.165, 1.54) is 4.90 Å². The molecule has 1 aromatic heterocycles. The number of halogens is 1. The fourth-order valence-corrected chi connectivity index (χ4v) is 9.59. The van der Waals surface area contributed by atoms with E-state index in [4.69, 9.17) is 35.3 Å². The van der Waals surface area contributed by atoms with Crippen LogP contribution < -0.4 is 20.7 Å². The third-order valence-electron chi connectivity index (χ3n) is 12.6. The van der Waals surface area contributed by atoms with E-state index in [9.17, 15) is 34.5 Å². The van der Waals surface area contributed by atoms with Crippen molar-refractivity contribution in [3.8, 4) is 27.7 Å². The van der Waals surface area contributed by atoms with Gasteiger partial charge in [0.25, 0.3) is 0 Å². The Kier molecular flexibility index (Phi) is 23.7. The summed E-state index contributed by atoms with van der Waals surface area (Å²) < 4.78 is 28.2. The number of carbonyl (C=O) groups is 4. The second-order valence-corrected chi connectivity index (χ2v) is 20.7. The van der Waals surface area contributed by atoms with E-state index < -0.39 is 29.5 Å². The quantitative estimate of drug-likeness (QED) is 0.0151. The first-order valence-electron chi connectivity index (χ1n) is 25.8. The Bertz CT molecular complexity index is 2680. The highest BCUT2D eigenvalue weighted by Crippen LogP contribution is 2.37. The van der Waals surface area contributed by atoms with E-state index >= 15 is 0 Å². The number of aromatic nitrogens is 1. The second-order valence-electron chi connectivity index (χ2n) is 19.5. The number of phenols is 2. The van der Waals surface area contributed by atoms with Crippen LogP contribution in [0.3, 0.4) is 0 Å². The minimum absolute atomic E-state index is 0.00894. The number of thiazole rings is 1. The highest BCUT2D eigenvalue weighted by Gasteiger charge is 2.44. The third kappa shape index (κ3) is 18.9. The molecule has 0 spiro atoms. The number of aliphatic hydroxyl groups is 1. The molecule has 0 radical (unpaired) electrons. The topological polar surface area (TPSA) is 227 Å². The van der Waals surface area contributed by atoms with Gasteiger partial charge in [0.05, 0.1) is 81.6 Å². The van der Waals surface area contributed by atoms with Crippen LogP contribution >= 0.6 is 22.9 Å². The van der Waals surface area contributed by atoms with E-state index in [2.05, 4.69) is 20.9 Å². The maximum Gasteiger partial charge on any atom is 0.246 e. The van der Waals surface area contributed by atoms with Crippen molar-refractivity contribution in [2.24, 2.45) is 5.41 Å². The molecule has 3 atom stereocenters. The Hall–Kier alpha value is -6.38. The molecule has 1 saturated heterocycles. The van der Waals surface area contributed by atoms with Crippen LogP contribution in [0.5, 0.6) is 17.2 Å². The molecule has 19 heteroatoms. The van der Waals surface area contributed by atoms with Gasteiger partial charge in [0.1, 0.15) is 35.9 Å². The minimum Gasteiger partial charge on any atom is -0.508 e. The number of ether oxygens (including phenoxy) is 5. The molecule has 1 aliphatic rings. The molecule has 2 heterocycles. The zero-order valence-corrected chi connectivity index (χ0v) is 45.8. The molecular formula is C58H72ClN5O12S. The molecule has 0 bridgehead atoms. The maximum atomic E-state index is 14.0. The monoisotopic (exact) mass is 1100 g/mol. The van der Waals surface area contributed by atoms with E-state index in [0.717, 1.165) is 49.5 Å². The number of likely N-dealkylation sites (tertiary alicyclic amines) is 1. The average Bonchev–Trinajstić information content (AvgIpc) is 4.06. The van der Waals surface area contributed by atoms with Crippen molar-refractivity contribution in [3.05, 3.63) is 131 Å². The van der Waals surface area contributed by atoms with Gasteiger partial charge in [-0.25, -0.2) is 4.98 Å². The Morgan fingerprint density at radius 2 is 1.26 bits per heavy atom. The number of amides is 4. The van der Waals surface area contributed by atoms with Gasteiger partial charge in [0, 0.05) is 38.2 Å². The van der Waals surface area contributed by atoms with Gasteiger partial charge in [0.15, 0.2) is 0 Å². The van der Waals surface area contributed by atoms with E-state index in [-0.39, 0.29) is 94.6 Å². The first-order valence-corrected chi connectivity index (χ1v) is 27.3. The van der Waals surface area contributed by atoms with Crippen LogP contribution in [0, 0.1) is 12.3 Å². The Balaban J connectivity index is 0.784.